The number of hydrogen-bond donors (Lipinski definition) is 0. The van der Waals surface area contributed by atoms with E-state index in [-0.39, 0.29) is 12.2 Å². The monoisotopic (exact) mass is 270 g/mol. The van der Waals surface area contributed by atoms with Crippen LogP contribution in [-0.2, 0) is 4.74 Å². The van der Waals surface area contributed by atoms with E-state index in [1.165, 1.54) is 0 Å². The summed E-state index contributed by atoms with van der Waals surface area (Å²) in [4.78, 5) is 6.64. The summed E-state index contributed by atoms with van der Waals surface area (Å²) in [5.41, 5.74) is 0. The van der Waals surface area contributed by atoms with Crippen molar-refractivity contribution in [2.45, 2.75) is 26.1 Å². The lowest BCUT2D eigenvalue weighted by Crippen LogP contribution is -2.45. The highest BCUT2D eigenvalue weighted by atomic mass is 79.9. The molecule has 15 heavy (non-hydrogen) atoms. The van der Waals surface area contributed by atoms with Crippen LogP contribution in [-0.4, -0.2) is 30.3 Å². The van der Waals surface area contributed by atoms with Crippen LogP contribution >= 0.6 is 15.9 Å². The number of pyridine rings is 1. The first kappa shape index (κ1) is 10.9. The second-order valence-corrected chi connectivity index (χ2v) is 4.91. The molecule has 1 saturated heterocycles. The smallest absolute Gasteiger partial charge is 0.129 e. The molecule has 1 fully saturated rings. The van der Waals surface area contributed by atoms with Crippen molar-refractivity contribution in [3.8, 4) is 0 Å². The zero-order valence-corrected chi connectivity index (χ0v) is 10.6. The average Bonchev–Trinajstić information content (AvgIpc) is 2.16. The lowest BCUT2D eigenvalue weighted by Gasteiger charge is -2.36. The zero-order valence-electron chi connectivity index (χ0n) is 8.98. The molecule has 2 rings (SSSR count). The van der Waals surface area contributed by atoms with Gasteiger partial charge in [0.05, 0.1) is 12.2 Å². The third-order valence-electron chi connectivity index (χ3n) is 2.45. The van der Waals surface area contributed by atoms with E-state index in [0.29, 0.717) is 0 Å². The van der Waals surface area contributed by atoms with Gasteiger partial charge in [0.25, 0.3) is 0 Å². The fourth-order valence-electron chi connectivity index (χ4n) is 1.93. The van der Waals surface area contributed by atoms with Crippen molar-refractivity contribution in [2.24, 2.45) is 0 Å². The lowest BCUT2D eigenvalue weighted by atomic mass is 10.2. The summed E-state index contributed by atoms with van der Waals surface area (Å²) in [7, 11) is 0. The molecule has 0 saturated carbocycles. The SMILES string of the molecule is C[C@@H]1CN(c2cc(Br)ccn2)C[C@H](C)O1. The van der Waals surface area contributed by atoms with E-state index in [4.69, 9.17) is 4.74 Å². The Morgan fingerprint density at radius 3 is 2.67 bits per heavy atom. The van der Waals surface area contributed by atoms with Crippen LogP contribution < -0.4 is 4.90 Å². The summed E-state index contributed by atoms with van der Waals surface area (Å²) in [6.07, 6.45) is 2.37. The van der Waals surface area contributed by atoms with Crippen LogP contribution in [0.3, 0.4) is 0 Å². The highest BCUT2D eigenvalue weighted by Crippen LogP contribution is 2.20. The van der Waals surface area contributed by atoms with Gasteiger partial charge in [-0.25, -0.2) is 4.98 Å². The van der Waals surface area contributed by atoms with Gasteiger partial charge in [0.2, 0.25) is 0 Å². The highest BCUT2D eigenvalue weighted by Gasteiger charge is 2.22. The minimum Gasteiger partial charge on any atom is -0.372 e. The van der Waals surface area contributed by atoms with E-state index in [1.807, 2.05) is 18.3 Å². The molecule has 2 atom stereocenters. The maximum atomic E-state index is 5.69. The third-order valence-corrected chi connectivity index (χ3v) is 2.94. The molecule has 0 aliphatic carbocycles. The Balaban J connectivity index is 2.16. The number of rotatable bonds is 1. The van der Waals surface area contributed by atoms with Gasteiger partial charge in [-0.1, -0.05) is 15.9 Å². The van der Waals surface area contributed by atoms with Crippen LogP contribution in [0.5, 0.6) is 0 Å². The Labute approximate surface area is 98.6 Å². The van der Waals surface area contributed by atoms with Crippen molar-refractivity contribution in [3.63, 3.8) is 0 Å². The predicted molar refractivity (Wildman–Crippen MR) is 64.2 cm³/mol. The molecular formula is C11H15BrN2O. The number of hydrogen-bond acceptors (Lipinski definition) is 3. The summed E-state index contributed by atoms with van der Waals surface area (Å²) in [5.74, 6) is 1.02. The predicted octanol–water partition coefficient (Wildman–Crippen LogP) is 2.46. The largest absolute Gasteiger partial charge is 0.372 e. The standard InChI is InChI=1S/C11H15BrN2O/c1-8-6-14(7-9(2)15-8)11-5-10(12)3-4-13-11/h3-5,8-9H,6-7H2,1-2H3/t8-,9+. The summed E-state index contributed by atoms with van der Waals surface area (Å²) in [5, 5.41) is 0. The number of nitrogens with zero attached hydrogens (tertiary/aromatic N) is 2. The second kappa shape index (κ2) is 4.49. The molecule has 0 radical (unpaired) electrons. The maximum Gasteiger partial charge on any atom is 0.129 e. The molecule has 0 aromatic carbocycles. The Bertz CT molecular complexity index is 335. The van der Waals surface area contributed by atoms with Gasteiger partial charge in [0.1, 0.15) is 5.82 Å². The molecule has 0 bridgehead atoms. The van der Waals surface area contributed by atoms with Crippen molar-refractivity contribution >= 4 is 21.7 Å². The molecular weight excluding hydrogens is 256 g/mol. The zero-order chi connectivity index (χ0) is 10.8. The van der Waals surface area contributed by atoms with Gasteiger partial charge in [-0.2, -0.15) is 0 Å². The average molecular weight is 271 g/mol. The highest BCUT2D eigenvalue weighted by molar-refractivity contribution is 9.10. The van der Waals surface area contributed by atoms with Gasteiger partial charge in [-0.3, -0.25) is 0 Å². The van der Waals surface area contributed by atoms with Gasteiger partial charge in [-0.15, -0.1) is 0 Å². The second-order valence-electron chi connectivity index (χ2n) is 3.99. The van der Waals surface area contributed by atoms with Crippen molar-refractivity contribution < 1.29 is 4.74 Å². The molecule has 0 spiro atoms. The van der Waals surface area contributed by atoms with Crippen molar-refractivity contribution in [1.82, 2.24) is 4.98 Å². The van der Waals surface area contributed by atoms with E-state index in [2.05, 4.69) is 39.7 Å². The summed E-state index contributed by atoms with van der Waals surface area (Å²) in [6, 6.07) is 3.99. The first-order valence-corrected chi connectivity index (χ1v) is 5.96. The van der Waals surface area contributed by atoms with Gasteiger partial charge < -0.3 is 9.64 Å². The Morgan fingerprint density at radius 1 is 1.40 bits per heavy atom. The maximum absolute atomic E-state index is 5.69. The molecule has 2 heterocycles. The molecule has 1 aromatic heterocycles. The molecule has 0 N–H and O–H groups in total. The molecule has 1 aliphatic rings. The first-order chi connectivity index (χ1) is 7.15. The van der Waals surface area contributed by atoms with Gasteiger partial charge in [0, 0.05) is 23.8 Å². The van der Waals surface area contributed by atoms with E-state index >= 15 is 0 Å². The quantitative estimate of drug-likeness (QED) is 0.784. The Hall–Kier alpha value is -0.610. The van der Waals surface area contributed by atoms with Crippen molar-refractivity contribution in [3.05, 3.63) is 22.8 Å². The van der Waals surface area contributed by atoms with E-state index in [1.54, 1.807) is 0 Å². The van der Waals surface area contributed by atoms with E-state index in [9.17, 15) is 0 Å². The molecule has 1 aromatic rings. The number of aromatic nitrogens is 1. The fraction of sp³-hybridized carbons (Fsp3) is 0.545. The van der Waals surface area contributed by atoms with Crippen LogP contribution in [0.2, 0.25) is 0 Å². The first-order valence-electron chi connectivity index (χ1n) is 5.17. The van der Waals surface area contributed by atoms with Crippen LogP contribution in [0.25, 0.3) is 0 Å². The van der Waals surface area contributed by atoms with Gasteiger partial charge >= 0.3 is 0 Å². The van der Waals surface area contributed by atoms with Gasteiger partial charge in [0.15, 0.2) is 0 Å². The number of anilines is 1. The van der Waals surface area contributed by atoms with Crippen molar-refractivity contribution in [2.75, 3.05) is 18.0 Å². The Morgan fingerprint density at radius 2 is 2.07 bits per heavy atom. The van der Waals surface area contributed by atoms with Crippen LogP contribution in [0.15, 0.2) is 22.8 Å². The molecule has 1 aliphatic heterocycles. The lowest BCUT2D eigenvalue weighted by molar-refractivity contribution is -0.00546. The van der Waals surface area contributed by atoms with Gasteiger partial charge in [-0.05, 0) is 26.0 Å². The Kier molecular flexibility index (Phi) is 3.26. The molecule has 82 valence electrons. The molecule has 0 amide bonds. The number of morpholine rings is 1. The van der Waals surface area contributed by atoms with E-state index in [0.717, 1.165) is 23.4 Å². The topological polar surface area (TPSA) is 25.4 Å². The number of halogens is 1. The third kappa shape index (κ3) is 2.69. The van der Waals surface area contributed by atoms with Crippen LogP contribution in [0.4, 0.5) is 5.82 Å². The summed E-state index contributed by atoms with van der Waals surface area (Å²) in [6.45, 7) is 6.02. The fourth-order valence-corrected chi connectivity index (χ4v) is 2.25. The summed E-state index contributed by atoms with van der Waals surface area (Å²) < 4.78 is 6.76. The molecule has 0 unspecified atom stereocenters. The summed E-state index contributed by atoms with van der Waals surface area (Å²) >= 11 is 3.46. The minimum absolute atomic E-state index is 0.273. The van der Waals surface area contributed by atoms with Crippen LogP contribution in [0.1, 0.15) is 13.8 Å². The normalized spacial score (nSPS) is 26.7. The van der Waals surface area contributed by atoms with E-state index < -0.39 is 0 Å². The minimum atomic E-state index is 0.273. The molecule has 3 nitrogen and oxygen atoms in total. The van der Waals surface area contributed by atoms with Crippen molar-refractivity contribution in [1.29, 1.82) is 0 Å². The molecule has 4 heteroatoms. The number of ether oxygens (including phenoxy) is 1. The van der Waals surface area contributed by atoms with Crippen LogP contribution in [0, 0.1) is 0 Å².